The Balaban J connectivity index is 1.79. The third kappa shape index (κ3) is 3.63. The number of fused-ring (bicyclic) bond motifs is 1. The molecule has 0 unspecified atom stereocenters. The van der Waals surface area contributed by atoms with Crippen molar-refractivity contribution in [2.45, 2.75) is 45.3 Å². The number of amides is 1. The molecule has 126 valence electrons. The van der Waals surface area contributed by atoms with Crippen molar-refractivity contribution in [3.63, 3.8) is 0 Å². The van der Waals surface area contributed by atoms with Gasteiger partial charge in [-0.2, -0.15) is 8.78 Å². The van der Waals surface area contributed by atoms with Gasteiger partial charge in [0, 0.05) is 24.2 Å². The monoisotopic (exact) mass is 324 g/mol. The molecule has 2 heterocycles. The molecule has 1 aromatic rings. The van der Waals surface area contributed by atoms with E-state index in [0.29, 0.717) is 12.6 Å². The van der Waals surface area contributed by atoms with E-state index in [4.69, 9.17) is 0 Å². The molecule has 0 aliphatic carbocycles. The maximum atomic E-state index is 12.9. The quantitative estimate of drug-likeness (QED) is 0.929. The molecule has 0 bridgehead atoms. The van der Waals surface area contributed by atoms with Gasteiger partial charge < -0.3 is 15.0 Å². The number of ether oxygens (including phenoxy) is 1. The summed E-state index contributed by atoms with van der Waals surface area (Å²) in [6, 6.07) is 5.23. The zero-order valence-electron chi connectivity index (χ0n) is 13.2. The molecule has 1 saturated heterocycles. The molecule has 0 radical (unpaired) electrons. The molecular formula is C17H22F2N2O2. The number of anilines is 1. The number of hydrogen-bond acceptors (Lipinski definition) is 3. The highest BCUT2D eigenvalue weighted by Crippen LogP contribution is 2.33. The van der Waals surface area contributed by atoms with Crippen LogP contribution in [0.1, 0.15) is 31.7 Å². The van der Waals surface area contributed by atoms with Gasteiger partial charge in [-0.15, -0.1) is 0 Å². The Morgan fingerprint density at radius 1 is 1.43 bits per heavy atom. The predicted molar refractivity (Wildman–Crippen MR) is 83.9 cm³/mol. The zero-order chi connectivity index (χ0) is 16.4. The average Bonchev–Trinajstić information content (AvgIpc) is 2.53. The zero-order valence-corrected chi connectivity index (χ0v) is 13.2. The summed E-state index contributed by atoms with van der Waals surface area (Å²) in [4.78, 5) is 14.7. The minimum Gasteiger partial charge on any atom is -0.435 e. The predicted octanol–water partition coefficient (Wildman–Crippen LogP) is 2.96. The van der Waals surface area contributed by atoms with Crippen molar-refractivity contribution in [3.8, 4) is 5.75 Å². The second kappa shape index (κ2) is 6.83. The molecule has 0 aromatic heterocycles. The fourth-order valence-corrected chi connectivity index (χ4v) is 3.56. The fraction of sp³-hybridized carbons (Fsp3) is 0.588. The van der Waals surface area contributed by atoms with Gasteiger partial charge in [-0.3, -0.25) is 4.79 Å². The van der Waals surface area contributed by atoms with Crippen molar-refractivity contribution in [1.82, 2.24) is 5.32 Å². The Hall–Kier alpha value is -1.69. The van der Waals surface area contributed by atoms with Crippen LogP contribution in [0.5, 0.6) is 5.75 Å². The van der Waals surface area contributed by atoms with E-state index >= 15 is 0 Å². The molecule has 1 N–H and O–H groups in total. The molecule has 2 atom stereocenters. The standard InChI is InChI=1S/C17H22F2N2O2/c1-11-9-13(6-7-20-11)16(22)21-8-2-3-12-10-14(23-17(18)19)4-5-15(12)21/h4-5,10-11,13,17,20H,2-3,6-9H2,1H3/t11-,13-/m0/s1. The average molecular weight is 324 g/mol. The number of carbonyl (C=O) groups excluding carboxylic acids is 1. The number of rotatable bonds is 3. The van der Waals surface area contributed by atoms with Gasteiger partial charge in [0.15, 0.2) is 0 Å². The summed E-state index contributed by atoms with van der Waals surface area (Å²) in [7, 11) is 0. The van der Waals surface area contributed by atoms with Crippen molar-refractivity contribution >= 4 is 11.6 Å². The number of nitrogens with zero attached hydrogens (tertiary/aromatic N) is 1. The van der Waals surface area contributed by atoms with Crippen molar-refractivity contribution in [2.24, 2.45) is 5.92 Å². The smallest absolute Gasteiger partial charge is 0.387 e. The second-order valence-electron chi connectivity index (χ2n) is 6.34. The highest BCUT2D eigenvalue weighted by Gasteiger charge is 2.31. The van der Waals surface area contributed by atoms with Crippen LogP contribution in [-0.2, 0) is 11.2 Å². The highest BCUT2D eigenvalue weighted by atomic mass is 19.3. The van der Waals surface area contributed by atoms with E-state index < -0.39 is 6.61 Å². The number of hydrogen-bond donors (Lipinski definition) is 1. The van der Waals surface area contributed by atoms with Gasteiger partial charge in [0.25, 0.3) is 0 Å². The number of piperidine rings is 1. The lowest BCUT2D eigenvalue weighted by Gasteiger charge is -2.35. The van der Waals surface area contributed by atoms with E-state index in [2.05, 4.69) is 17.0 Å². The Morgan fingerprint density at radius 3 is 3.00 bits per heavy atom. The molecule has 6 heteroatoms. The van der Waals surface area contributed by atoms with Gasteiger partial charge >= 0.3 is 6.61 Å². The summed E-state index contributed by atoms with van der Waals surface area (Å²) in [6.45, 7) is 0.821. The topological polar surface area (TPSA) is 41.6 Å². The highest BCUT2D eigenvalue weighted by molar-refractivity contribution is 5.96. The number of alkyl halides is 2. The van der Waals surface area contributed by atoms with E-state index in [9.17, 15) is 13.6 Å². The molecule has 1 amide bonds. The lowest BCUT2D eigenvalue weighted by molar-refractivity contribution is -0.123. The number of benzene rings is 1. The van der Waals surface area contributed by atoms with Gasteiger partial charge in [-0.25, -0.2) is 0 Å². The summed E-state index contributed by atoms with van der Waals surface area (Å²) >= 11 is 0. The van der Waals surface area contributed by atoms with Gasteiger partial charge in [0.05, 0.1) is 0 Å². The summed E-state index contributed by atoms with van der Waals surface area (Å²) in [5.41, 5.74) is 1.75. The van der Waals surface area contributed by atoms with E-state index in [0.717, 1.165) is 43.5 Å². The number of carbonyl (C=O) groups is 1. The first kappa shape index (κ1) is 16.2. The lowest BCUT2D eigenvalue weighted by Crippen LogP contribution is -2.45. The SMILES string of the molecule is C[C@H]1C[C@@H](C(=O)N2CCCc3cc(OC(F)F)ccc32)CCN1. The van der Waals surface area contributed by atoms with Crippen LogP contribution >= 0.6 is 0 Å². The normalized spacial score (nSPS) is 24.4. The Labute approximate surface area is 134 Å². The maximum Gasteiger partial charge on any atom is 0.387 e. The summed E-state index contributed by atoms with van der Waals surface area (Å²) < 4.78 is 29.1. The minimum absolute atomic E-state index is 0.0363. The number of halogens is 2. The van der Waals surface area contributed by atoms with Crippen LogP contribution in [0.4, 0.5) is 14.5 Å². The molecule has 4 nitrogen and oxygen atoms in total. The van der Waals surface area contributed by atoms with Gasteiger partial charge in [-0.1, -0.05) is 0 Å². The van der Waals surface area contributed by atoms with E-state index in [1.807, 2.05) is 4.90 Å². The van der Waals surface area contributed by atoms with Gasteiger partial charge in [0.1, 0.15) is 5.75 Å². The lowest BCUT2D eigenvalue weighted by atomic mass is 9.90. The van der Waals surface area contributed by atoms with E-state index in [-0.39, 0.29) is 17.6 Å². The van der Waals surface area contributed by atoms with Crippen LogP contribution in [0.3, 0.4) is 0 Å². The summed E-state index contributed by atoms with van der Waals surface area (Å²) in [5.74, 6) is 0.347. The van der Waals surface area contributed by atoms with Crippen LogP contribution < -0.4 is 15.0 Å². The summed E-state index contributed by atoms with van der Waals surface area (Å²) in [6.07, 6.45) is 3.32. The molecular weight excluding hydrogens is 302 g/mol. The molecule has 3 rings (SSSR count). The van der Waals surface area contributed by atoms with Crippen LogP contribution in [0, 0.1) is 5.92 Å². The fourth-order valence-electron chi connectivity index (χ4n) is 3.56. The third-order valence-corrected chi connectivity index (χ3v) is 4.63. The first-order valence-electron chi connectivity index (χ1n) is 8.17. The Morgan fingerprint density at radius 2 is 2.26 bits per heavy atom. The van der Waals surface area contributed by atoms with Crippen molar-refractivity contribution < 1.29 is 18.3 Å². The largest absolute Gasteiger partial charge is 0.435 e. The first-order chi connectivity index (χ1) is 11.0. The van der Waals surface area contributed by atoms with E-state index in [1.165, 1.54) is 6.07 Å². The van der Waals surface area contributed by atoms with Crippen LogP contribution in [-0.4, -0.2) is 31.7 Å². The molecule has 2 aliphatic heterocycles. The third-order valence-electron chi connectivity index (χ3n) is 4.63. The van der Waals surface area contributed by atoms with Crippen LogP contribution in [0.15, 0.2) is 18.2 Å². The van der Waals surface area contributed by atoms with Crippen molar-refractivity contribution in [2.75, 3.05) is 18.0 Å². The molecule has 0 saturated carbocycles. The molecule has 23 heavy (non-hydrogen) atoms. The first-order valence-corrected chi connectivity index (χ1v) is 8.17. The molecule has 2 aliphatic rings. The maximum absolute atomic E-state index is 12.9. The van der Waals surface area contributed by atoms with Gasteiger partial charge in [-0.05, 0) is 62.9 Å². The van der Waals surface area contributed by atoms with Crippen molar-refractivity contribution in [3.05, 3.63) is 23.8 Å². The molecule has 1 fully saturated rings. The van der Waals surface area contributed by atoms with Crippen molar-refractivity contribution in [1.29, 1.82) is 0 Å². The van der Waals surface area contributed by atoms with Crippen LogP contribution in [0.2, 0.25) is 0 Å². The molecule has 0 spiro atoms. The number of aryl methyl sites for hydroxylation is 1. The van der Waals surface area contributed by atoms with Gasteiger partial charge in [0.2, 0.25) is 5.91 Å². The summed E-state index contributed by atoms with van der Waals surface area (Å²) in [5, 5.41) is 3.36. The molecule has 1 aromatic carbocycles. The Kier molecular flexibility index (Phi) is 4.80. The second-order valence-corrected chi connectivity index (χ2v) is 6.34. The Bertz CT molecular complexity index is 580. The minimum atomic E-state index is -2.83. The van der Waals surface area contributed by atoms with Crippen LogP contribution in [0.25, 0.3) is 0 Å². The van der Waals surface area contributed by atoms with E-state index in [1.54, 1.807) is 12.1 Å². The number of nitrogens with one attached hydrogen (secondary N) is 1.